The zero-order valence-corrected chi connectivity index (χ0v) is 16.3. The van der Waals surface area contributed by atoms with Crippen LogP contribution in [0.2, 0.25) is 0 Å². The molecule has 2 aromatic rings. The van der Waals surface area contributed by atoms with Crippen LogP contribution >= 0.6 is 0 Å². The molecule has 0 radical (unpaired) electrons. The number of nitrogens with zero attached hydrogens (tertiary/aromatic N) is 1. The number of halogens is 3. The predicted molar refractivity (Wildman–Crippen MR) is 83.2 cm³/mol. The minimum Gasteiger partial charge on any atom is -0.741 e. The normalized spacial score (nSPS) is 12.3. The fraction of sp³-hybridized carbons (Fsp3) is 0.357. The van der Waals surface area contributed by atoms with Crippen LogP contribution in [0, 0.1) is 6.92 Å². The zero-order valence-electron chi connectivity index (χ0n) is 13.1. The van der Waals surface area contributed by atoms with Crippen molar-refractivity contribution in [2.75, 3.05) is 6.61 Å². The number of hydrogen-bond acceptors (Lipinski definition) is 4. The summed E-state index contributed by atoms with van der Waals surface area (Å²) in [4.78, 5) is 0. The molecule has 0 bridgehead atoms. The first-order valence-electron chi connectivity index (χ1n) is 6.67. The van der Waals surface area contributed by atoms with Gasteiger partial charge in [0.1, 0.15) is 0 Å². The van der Waals surface area contributed by atoms with Crippen molar-refractivity contribution in [2.24, 2.45) is 7.05 Å². The van der Waals surface area contributed by atoms with E-state index in [0.717, 1.165) is 6.61 Å². The molecule has 0 unspecified atom stereocenters. The van der Waals surface area contributed by atoms with E-state index in [1.165, 1.54) is 18.2 Å². The van der Waals surface area contributed by atoms with E-state index in [9.17, 15) is 13.2 Å². The van der Waals surface area contributed by atoms with Crippen LogP contribution in [0.15, 0.2) is 24.5 Å². The Morgan fingerprint density at radius 3 is 2.46 bits per heavy atom. The fourth-order valence-corrected chi connectivity index (χ4v) is 4.54. The van der Waals surface area contributed by atoms with Crippen molar-refractivity contribution in [3.05, 3.63) is 33.7 Å². The quantitative estimate of drug-likeness (QED) is 0.223. The minimum absolute atomic E-state index is 0.226. The third-order valence-corrected chi connectivity index (χ3v) is 6.72. The van der Waals surface area contributed by atoms with E-state index >= 15 is 0 Å². The van der Waals surface area contributed by atoms with Crippen molar-refractivity contribution in [3.63, 3.8) is 0 Å². The van der Waals surface area contributed by atoms with E-state index in [1.54, 1.807) is 0 Å². The Morgan fingerprint density at radius 2 is 1.96 bits per heavy atom. The van der Waals surface area contributed by atoms with Gasteiger partial charge in [0, 0.05) is 0 Å². The van der Waals surface area contributed by atoms with E-state index in [4.69, 9.17) is 17.7 Å². The zero-order chi connectivity index (χ0) is 18.5. The van der Waals surface area contributed by atoms with Crippen LogP contribution in [0.1, 0.15) is 16.2 Å². The average Bonchev–Trinajstić information content (AvgIpc) is 2.75. The number of aromatic nitrogens is 1. The van der Waals surface area contributed by atoms with Crippen LogP contribution in [0.3, 0.4) is 0 Å². The number of alkyl halides is 3. The number of aryl methyl sites for hydroxylation is 2. The Morgan fingerprint density at radius 1 is 1.38 bits per heavy atom. The van der Waals surface area contributed by atoms with Gasteiger partial charge in [0.05, 0.1) is 0 Å². The van der Waals surface area contributed by atoms with E-state index in [2.05, 4.69) is 42.8 Å². The maximum absolute atomic E-state index is 10.7. The summed E-state index contributed by atoms with van der Waals surface area (Å²) in [6, 6.07) is 6.74. The second-order valence-corrected chi connectivity index (χ2v) is 9.03. The number of hydrogen-bond donors (Lipinski definition) is 0. The Labute approximate surface area is 147 Å². The van der Waals surface area contributed by atoms with E-state index in [-0.39, 0.29) is 20.4 Å². The molecule has 0 N–H and O–H groups in total. The van der Waals surface area contributed by atoms with Crippen LogP contribution in [-0.4, -0.2) is 45.5 Å². The van der Waals surface area contributed by atoms with Crippen LogP contribution in [0.4, 0.5) is 13.2 Å². The standard InChI is InChI=1S/C13H16NOTe.CHF3O3S/c1-4-15-8-7-13-14(3)11-9-10(2)5-6-12(11)16-13;2-1(3,4)8(5,6)7/h5-9H,4H2,1-3H3;(H,5,6,7)/q+1;/p-1/b8-7+;. The first-order chi connectivity index (χ1) is 11.0. The molecule has 5 nitrogen and oxygen atoms in total. The van der Waals surface area contributed by atoms with Gasteiger partial charge in [-0.05, 0) is 0 Å². The topological polar surface area (TPSA) is 70.3 Å². The molecule has 134 valence electrons. The number of ether oxygens (including phenoxy) is 1. The maximum atomic E-state index is 10.7. The third kappa shape index (κ3) is 5.77. The second-order valence-electron chi connectivity index (χ2n) is 4.63. The molecule has 0 aliphatic rings. The van der Waals surface area contributed by atoms with Crippen molar-refractivity contribution in [1.82, 2.24) is 0 Å². The summed E-state index contributed by atoms with van der Waals surface area (Å²) in [7, 11) is -3.95. The third-order valence-electron chi connectivity index (χ3n) is 2.78. The average molecular weight is 479 g/mol. The summed E-state index contributed by atoms with van der Waals surface area (Å²) in [5.74, 6) is 0. The Balaban J connectivity index is 0.000000307. The van der Waals surface area contributed by atoms with Crippen molar-refractivity contribution in [3.8, 4) is 0 Å². The van der Waals surface area contributed by atoms with Gasteiger partial charge in [-0.1, -0.05) is 0 Å². The fourth-order valence-electron chi connectivity index (χ4n) is 1.62. The Kier molecular flexibility index (Phi) is 7.28. The summed E-state index contributed by atoms with van der Waals surface area (Å²) in [5, 5.41) is 0. The van der Waals surface area contributed by atoms with Crippen molar-refractivity contribution < 1.29 is 35.4 Å². The van der Waals surface area contributed by atoms with Gasteiger partial charge in [0.25, 0.3) is 0 Å². The molecule has 1 aromatic heterocycles. The monoisotopic (exact) mass is 481 g/mol. The molecule has 1 aromatic carbocycles. The van der Waals surface area contributed by atoms with Crippen molar-refractivity contribution in [2.45, 2.75) is 19.4 Å². The van der Waals surface area contributed by atoms with Gasteiger partial charge in [-0.2, -0.15) is 13.2 Å². The van der Waals surface area contributed by atoms with Gasteiger partial charge < -0.3 is 4.55 Å². The molecular weight excluding hydrogens is 463 g/mol. The van der Waals surface area contributed by atoms with Crippen LogP contribution in [-0.2, 0) is 21.9 Å². The van der Waals surface area contributed by atoms with Crippen LogP contribution < -0.4 is 4.57 Å². The number of rotatable bonds is 3. The molecule has 0 atom stereocenters. The number of benzene rings is 1. The summed E-state index contributed by atoms with van der Waals surface area (Å²) in [5.41, 5.74) is -2.95. The molecule has 24 heavy (non-hydrogen) atoms. The van der Waals surface area contributed by atoms with E-state index < -0.39 is 15.6 Å². The van der Waals surface area contributed by atoms with E-state index in [0.29, 0.717) is 0 Å². The van der Waals surface area contributed by atoms with Gasteiger partial charge in [-0.15, -0.1) is 0 Å². The minimum atomic E-state index is -6.09. The first-order valence-corrected chi connectivity index (χ1v) is 10.4. The predicted octanol–water partition coefficient (Wildman–Crippen LogP) is 2.09. The molecule has 0 fully saturated rings. The molecular formula is C14H16F3NO4STe. The van der Waals surface area contributed by atoms with Gasteiger partial charge in [-0.3, -0.25) is 0 Å². The van der Waals surface area contributed by atoms with Crippen molar-refractivity contribution in [1.29, 1.82) is 0 Å². The van der Waals surface area contributed by atoms with Gasteiger partial charge in [-0.25, -0.2) is 8.42 Å². The molecule has 2 rings (SSSR count). The Hall–Kier alpha value is -1.08. The molecule has 0 aliphatic carbocycles. The summed E-state index contributed by atoms with van der Waals surface area (Å²) in [6.45, 7) is 4.88. The first kappa shape index (κ1) is 21.0. The summed E-state index contributed by atoms with van der Waals surface area (Å²) < 4.78 is 69.4. The Bertz CT molecular complexity index is 828. The van der Waals surface area contributed by atoms with Gasteiger partial charge in [0.2, 0.25) is 0 Å². The van der Waals surface area contributed by atoms with Gasteiger partial charge >= 0.3 is 111 Å². The molecule has 0 amide bonds. The van der Waals surface area contributed by atoms with Crippen LogP contribution in [0.25, 0.3) is 15.0 Å². The smallest absolute Gasteiger partial charge is 0.485 e. The molecule has 0 saturated heterocycles. The maximum Gasteiger partial charge on any atom is 0.485 e. The number of fused-ring (bicyclic) bond motifs is 1. The largest absolute Gasteiger partial charge is 0.741 e. The molecule has 0 spiro atoms. The van der Waals surface area contributed by atoms with Gasteiger partial charge in [0.15, 0.2) is 10.1 Å². The summed E-state index contributed by atoms with van der Waals surface area (Å²) >= 11 is -0.226. The molecule has 0 saturated carbocycles. The second kappa shape index (κ2) is 8.34. The molecule has 0 aliphatic heterocycles. The molecule has 10 heteroatoms. The summed E-state index contributed by atoms with van der Waals surface area (Å²) in [6.07, 6.45) is 3.93. The van der Waals surface area contributed by atoms with Crippen molar-refractivity contribution >= 4 is 45.5 Å². The van der Waals surface area contributed by atoms with E-state index in [1.807, 2.05) is 13.2 Å². The SMILES string of the molecule is CCO/C=C/c1[te]c2ccc(C)cc2[n+]1C.O=S(=O)([O-])C(F)(F)F. The molecule has 1 heterocycles. The van der Waals surface area contributed by atoms with Crippen LogP contribution in [0.5, 0.6) is 0 Å².